The molecule has 0 atom stereocenters. The normalized spacial score (nSPS) is 12.5. The van der Waals surface area contributed by atoms with Crippen LogP contribution in [0.4, 0.5) is 8.78 Å². The van der Waals surface area contributed by atoms with Crippen molar-refractivity contribution in [2.75, 3.05) is 0 Å². The van der Waals surface area contributed by atoms with Crippen LogP contribution < -0.4 is 14.8 Å². The first-order valence-corrected chi connectivity index (χ1v) is 27.5. The molecule has 2 aliphatic heterocycles. The number of hydrogen-bond acceptors (Lipinski definition) is 9. The van der Waals surface area contributed by atoms with Gasteiger partial charge < -0.3 is 29.7 Å². The monoisotopic (exact) mass is 1130 g/mol. The minimum absolute atomic E-state index is 0.0337. The molecular weight excluding hydrogens is 1070 g/mol. The summed E-state index contributed by atoms with van der Waals surface area (Å²) in [6.45, 7) is 0.881. The number of nitrogens with one attached hydrogen (secondary N) is 1. The molecule has 3 amide bonds. The lowest BCUT2D eigenvalue weighted by Gasteiger charge is -2.23. The molecule has 0 fully saturated rings. The van der Waals surface area contributed by atoms with Crippen LogP contribution in [0.25, 0.3) is 21.8 Å². The van der Waals surface area contributed by atoms with E-state index in [4.69, 9.17) is 9.47 Å². The topological polar surface area (TPSA) is 164 Å². The molecule has 0 aliphatic carbocycles. The Kier molecular flexibility index (Phi) is 15.6. The zero-order valence-corrected chi connectivity index (χ0v) is 45.5. The molecule has 0 unspecified atom stereocenters. The van der Waals surface area contributed by atoms with Gasteiger partial charge in [-0.25, -0.2) is 13.6 Å². The Morgan fingerprint density at radius 3 is 1.27 bits per heavy atom. The van der Waals surface area contributed by atoms with Gasteiger partial charge in [-0.05, 0) is 81.9 Å². The molecule has 15 heteroatoms. The fourth-order valence-corrected chi connectivity index (χ4v) is 11.0. The summed E-state index contributed by atoms with van der Waals surface area (Å²) in [6, 6.07) is 63.3. The van der Waals surface area contributed by atoms with E-state index in [0.717, 1.165) is 33.4 Å². The molecule has 2 N–H and O–H groups in total. The van der Waals surface area contributed by atoms with E-state index in [0.29, 0.717) is 55.5 Å². The largest absolute Gasteiger partial charge is 0.478 e. The Morgan fingerprint density at radius 1 is 0.482 bits per heavy atom. The Balaban J connectivity index is 0.000000169. The van der Waals surface area contributed by atoms with E-state index < -0.39 is 18.2 Å². The highest BCUT2D eigenvalue weighted by atomic mass is 19.1. The number of benzene rings is 8. The van der Waals surface area contributed by atoms with Gasteiger partial charge in [-0.3, -0.25) is 29.3 Å². The van der Waals surface area contributed by atoms with Gasteiger partial charge >= 0.3 is 5.97 Å². The van der Waals surface area contributed by atoms with Crippen molar-refractivity contribution in [3.05, 3.63) is 315 Å². The molecule has 8 aromatic carbocycles. The van der Waals surface area contributed by atoms with Crippen LogP contribution in [0.15, 0.2) is 231 Å². The zero-order valence-electron chi connectivity index (χ0n) is 45.5. The van der Waals surface area contributed by atoms with E-state index in [9.17, 15) is 33.1 Å². The summed E-state index contributed by atoms with van der Waals surface area (Å²) in [5, 5.41) is 14.2. The highest BCUT2D eigenvalue weighted by Crippen LogP contribution is 2.45. The minimum atomic E-state index is -1.14. The molecule has 0 radical (unpaired) electrons. The molecule has 5 heterocycles. The molecule has 0 spiro atoms. The summed E-state index contributed by atoms with van der Waals surface area (Å²) in [7, 11) is 0. The number of halogens is 2. The Labute approximate surface area is 487 Å². The lowest BCUT2D eigenvalue weighted by molar-refractivity contribution is 0.0692. The third kappa shape index (κ3) is 11.4. The fourth-order valence-electron chi connectivity index (χ4n) is 11.0. The molecule has 13 nitrogen and oxygen atoms in total. The molecule has 85 heavy (non-hydrogen) atoms. The van der Waals surface area contributed by atoms with Gasteiger partial charge in [0.2, 0.25) is 0 Å². The summed E-state index contributed by atoms with van der Waals surface area (Å²) < 4.78 is 40.8. The number of ether oxygens (including phenoxy) is 2. The fraction of sp³-hybridized carbons (Fsp3) is 0.100. The van der Waals surface area contributed by atoms with Crippen LogP contribution in [0.1, 0.15) is 104 Å². The van der Waals surface area contributed by atoms with E-state index >= 15 is 0 Å². The molecule has 0 saturated carbocycles. The molecule has 418 valence electrons. The van der Waals surface area contributed by atoms with Gasteiger partial charge in [0.1, 0.15) is 34.9 Å². The maximum atomic E-state index is 14.3. The summed E-state index contributed by atoms with van der Waals surface area (Å²) in [5.74, 6) is -2.30. The minimum Gasteiger partial charge on any atom is -0.478 e. The molecule has 13 rings (SSSR count). The van der Waals surface area contributed by atoms with Crippen LogP contribution in [0.5, 0.6) is 11.5 Å². The second kappa shape index (κ2) is 24.3. The SMILES string of the molecule is O=C(NCc1ccccn1)c1c2c(c(OC(c3ccccc3)c3ccccc3)c3ncccc13)C(=O)N(Cc1ccc(F)cc1)C2.O=C(O)c1c2c(c(OC(c3ccccc3)c3ccccc3)c3ncccc13)C(=O)N(Cc1ccc(F)cc1)C2. The first kappa shape index (κ1) is 54.6. The Bertz CT molecular complexity index is 4180. The van der Waals surface area contributed by atoms with E-state index in [1.165, 1.54) is 24.3 Å². The lowest BCUT2D eigenvalue weighted by atomic mass is 9.95. The van der Waals surface area contributed by atoms with Crippen LogP contribution in [-0.4, -0.2) is 53.5 Å². The molecule has 11 aromatic rings. The summed E-state index contributed by atoms with van der Waals surface area (Å²) in [5.41, 5.74) is 8.30. The van der Waals surface area contributed by atoms with E-state index in [1.807, 2.05) is 146 Å². The number of carbonyl (C=O) groups is 4. The second-order valence-electron chi connectivity index (χ2n) is 20.4. The maximum Gasteiger partial charge on any atom is 0.336 e. The van der Waals surface area contributed by atoms with Crippen molar-refractivity contribution in [2.45, 2.75) is 44.9 Å². The van der Waals surface area contributed by atoms with Crippen LogP contribution >= 0.6 is 0 Å². The number of fused-ring (bicyclic) bond motifs is 4. The van der Waals surface area contributed by atoms with Crippen molar-refractivity contribution < 1.29 is 42.5 Å². The molecule has 2 aliphatic rings. The van der Waals surface area contributed by atoms with Crippen LogP contribution in [-0.2, 0) is 32.7 Å². The van der Waals surface area contributed by atoms with Crippen molar-refractivity contribution in [3.63, 3.8) is 0 Å². The number of pyridine rings is 3. The predicted molar refractivity (Wildman–Crippen MR) is 317 cm³/mol. The standard InChI is InChI=1S/C38H29FN4O3.C32H23FN2O4/c39-28-18-16-25(17-19-28)23-43-24-31-32(37(44)42-22-29-14-7-8-20-40-29)30-15-9-21-41-34(30)36(33(31)38(43)45)46-35(26-10-3-1-4-11-26)27-12-5-2-6-13-27;33-23-15-13-20(14-16-23)18-35-19-25-26(32(37)38)24-12-7-17-34-28(24)30(27(25)31(35)36)39-29(21-8-3-1-4-9-21)22-10-5-2-6-11-22/h1-21,35H,22-24H2,(H,42,44);1-17,29H,18-19H2,(H,37,38). The lowest BCUT2D eigenvalue weighted by Crippen LogP contribution is -2.25. The third-order valence-electron chi connectivity index (χ3n) is 15.0. The number of rotatable bonds is 16. The van der Waals surface area contributed by atoms with Crippen LogP contribution in [0.2, 0.25) is 0 Å². The number of aromatic carboxylic acids is 1. The van der Waals surface area contributed by atoms with Gasteiger partial charge in [-0.15, -0.1) is 0 Å². The smallest absolute Gasteiger partial charge is 0.336 e. The average Bonchev–Trinajstić information content (AvgIpc) is 2.16. The summed E-state index contributed by atoms with van der Waals surface area (Å²) >= 11 is 0. The van der Waals surface area contributed by atoms with Gasteiger partial charge in [0.05, 0.1) is 34.5 Å². The van der Waals surface area contributed by atoms with Crippen molar-refractivity contribution >= 4 is 45.5 Å². The van der Waals surface area contributed by atoms with E-state index in [-0.39, 0.29) is 79.0 Å². The first-order chi connectivity index (χ1) is 41.6. The van der Waals surface area contributed by atoms with Crippen LogP contribution in [0, 0.1) is 11.6 Å². The first-order valence-electron chi connectivity index (χ1n) is 27.5. The molecular formula is C70H52F2N6O7. The summed E-state index contributed by atoms with van der Waals surface area (Å²) in [6.07, 6.45) is 3.73. The number of hydrogen-bond donors (Lipinski definition) is 2. The third-order valence-corrected chi connectivity index (χ3v) is 15.0. The second-order valence-corrected chi connectivity index (χ2v) is 20.4. The van der Waals surface area contributed by atoms with E-state index in [1.54, 1.807) is 70.9 Å². The number of carboxylic acids is 1. The number of nitrogens with zero attached hydrogens (tertiary/aromatic N) is 5. The van der Waals surface area contributed by atoms with Gasteiger partial charge in [-0.2, -0.15) is 0 Å². The molecule has 0 saturated heterocycles. The summed E-state index contributed by atoms with van der Waals surface area (Å²) in [4.78, 5) is 71.5. The molecule has 0 bridgehead atoms. The van der Waals surface area contributed by atoms with Gasteiger partial charge in [0, 0.05) is 66.7 Å². The number of carboxylic acid groups (broad SMARTS) is 1. The van der Waals surface area contributed by atoms with Crippen molar-refractivity contribution in [1.82, 2.24) is 30.1 Å². The predicted octanol–water partition coefficient (Wildman–Crippen LogP) is 13.4. The van der Waals surface area contributed by atoms with Gasteiger partial charge in [0.15, 0.2) is 11.5 Å². The highest BCUT2D eigenvalue weighted by Gasteiger charge is 2.40. The van der Waals surface area contributed by atoms with Gasteiger partial charge in [-0.1, -0.05) is 164 Å². The highest BCUT2D eigenvalue weighted by molar-refractivity contribution is 6.16. The quantitative estimate of drug-likeness (QED) is 0.0951. The van der Waals surface area contributed by atoms with E-state index in [2.05, 4.69) is 20.3 Å². The molecule has 3 aromatic heterocycles. The number of amides is 3. The van der Waals surface area contributed by atoms with Gasteiger partial charge in [0.25, 0.3) is 17.7 Å². The Morgan fingerprint density at radius 2 is 0.871 bits per heavy atom. The van der Waals surface area contributed by atoms with Crippen molar-refractivity contribution in [3.8, 4) is 11.5 Å². The van der Waals surface area contributed by atoms with Crippen LogP contribution in [0.3, 0.4) is 0 Å². The van der Waals surface area contributed by atoms with Crippen molar-refractivity contribution in [1.29, 1.82) is 0 Å². The zero-order chi connectivity index (χ0) is 58.4. The number of carbonyl (C=O) groups excluding carboxylic acids is 3. The van der Waals surface area contributed by atoms with Crippen molar-refractivity contribution in [2.24, 2.45) is 0 Å². The average molecular weight is 1130 g/mol. The maximum absolute atomic E-state index is 14.3. The Hall–Kier alpha value is -10.9. The number of aromatic nitrogens is 3.